The number of rotatable bonds is 7. The van der Waals surface area contributed by atoms with Crippen molar-refractivity contribution in [2.45, 2.75) is 39.8 Å². The van der Waals surface area contributed by atoms with Crippen LogP contribution >= 0.6 is 11.3 Å². The first-order chi connectivity index (χ1) is 8.01. The van der Waals surface area contributed by atoms with E-state index in [1.807, 2.05) is 20.8 Å². The highest BCUT2D eigenvalue weighted by molar-refractivity contribution is 7.13. The molecule has 6 heteroatoms. The Morgan fingerprint density at radius 2 is 2.00 bits per heavy atom. The van der Waals surface area contributed by atoms with Crippen LogP contribution in [0.3, 0.4) is 0 Å². The third kappa shape index (κ3) is 6.55. The first-order valence-electron chi connectivity index (χ1n) is 5.81. The second kappa shape index (κ2) is 6.88. The van der Waals surface area contributed by atoms with Crippen molar-refractivity contribution < 1.29 is 9.47 Å². The van der Waals surface area contributed by atoms with Gasteiger partial charge < -0.3 is 14.8 Å². The zero-order chi connectivity index (χ0) is 12.7. The highest BCUT2D eigenvalue weighted by Gasteiger charge is 2.10. The molecule has 0 unspecified atom stereocenters. The van der Waals surface area contributed by atoms with Gasteiger partial charge in [-0.2, -0.15) is 0 Å². The molecule has 0 spiro atoms. The van der Waals surface area contributed by atoms with Crippen LogP contribution in [-0.4, -0.2) is 35.6 Å². The quantitative estimate of drug-likeness (QED) is 0.757. The van der Waals surface area contributed by atoms with Gasteiger partial charge in [0.05, 0.1) is 12.2 Å². The van der Waals surface area contributed by atoms with Gasteiger partial charge in [0.1, 0.15) is 11.6 Å². The second-order valence-electron chi connectivity index (χ2n) is 4.55. The first-order valence-corrected chi connectivity index (χ1v) is 6.63. The van der Waals surface area contributed by atoms with Gasteiger partial charge in [-0.05, 0) is 27.3 Å². The second-order valence-corrected chi connectivity index (χ2v) is 5.58. The summed E-state index contributed by atoms with van der Waals surface area (Å²) >= 11 is 1.47. The van der Waals surface area contributed by atoms with Gasteiger partial charge in [0.25, 0.3) is 5.19 Å². The average Bonchev–Trinajstić information content (AvgIpc) is 2.68. The molecule has 1 rings (SSSR count). The smallest absolute Gasteiger partial charge is 0.294 e. The lowest BCUT2D eigenvalue weighted by atomic mass is 10.2. The van der Waals surface area contributed by atoms with Crippen LogP contribution in [0.2, 0.25) is 0 Å². The maximum atomic E-state index is 5.54. The molecular weight excluding hydrogens is 238 g/mol. The zero-order valence-corrected chi connectivity index (χ0v) is 11.8. The molecule has 0 aliphatic carbocycles. The fourth-order valence-corrected chi connectivity index (χ4v) is 1.76. The molecule has 0 amide bonds. The minimum Gasteiger partial charge on any atom is -0.466 e. The van der Waals surface area contributed by atoms with E-state index in [2.05, 4.69) is 22.4 Å². The molecular formula is C11H21N3O2S. The summed E-state index contributed by atoms with van der Waals surface area (Å²) in [7, 11) is 0. The molecule has 0 aliphatic heterocycles. The monoisotopic (exact) mass is 259 g/mol. The van der Waals surface area contributed by atoms with Crippen LogP contribution in [0.5, 0.6) is 5.19 Å². The van der Waals surface area contributed by atoms with E-state index in [9.17, 15) is 0 Å². The molecule has 1 heterocycles. The minimum absolute atomic E-state index is 0.124. The lowest BCUT2D eigenvalue weighted by Gasteiger charge is -2.18. The molecule has 5 nitrogen and oxygen atoms in total. The van der Waals surface area contributed by atoms with Gasteiger partial charge in [0.2, 0.25) is 0 Å². The summed E-state index contributed by atoms with van der Waals surface area (Å²) in [5.74, 6) is 0. The van der Waals surface area contributed by atoms with Crippen LogP contribution in [0.4, 0.5) is 0 Å². The SMILES string of the molecule is CCNCc1nnc(OCCOC(C)(C)C)s1. The van der Waals surface area contributed by atoms with Crippen molar-refractivity contribution in [1.82, 2.24) is 15.5 Å². The topological polar surface area (TPSA) is 56.3 Å². The Bertz CT molecular complexity index is 323. The van der Waals surface area contributed by atoms with E-state index >= 15 is 0 Å². The third-order valence-electron chi connectivity index (χ3n) is 1.82. The van der Waals surface area contributed by atoms with Crippen molar-refractivity contribution in [1.29, 1.82) is 0 Å². The van der Waals surface area contributed by atoms with Gasteiger partial charge in [0.15, 0.2) is 0 Å². The van der Waals surface area contributed by atoms with Crippen LogP contribution in [0, 0.1) is 0 Å². The highest BCUT2D eigenvalue weighted by Crippen LogP contribution is 2.17. The van der Waals surface area contributed by atoms with Crippen molar-refractivity contribution >= 4 is 11.3 Å². The van der Waals surface area contributed by atoms with Crippen LogP contribution in [0.15, 0.2) is 0 Å². The van der Waals surface area contributed by atoms with E-state index in [1.165, 1.54) is 11.3 Å². The number of nitrogens with zero attached hydrogens (tertiary/aromatic N) is 2. The Balaban J connectivity index is 2.21. The van der Waals surface area contributed by atoms with E-state index in [4.69, 9.17) is 9.47 Å². The largest absolute Gasteiger partial charge is 0.466 e. The van der Waals surface area contributed by atoms with Gasteiger partial charge in [-0.25, -0.2) is 0 Å². The Morgan fingerprint density at radius 1 is 1.24 bits per heavy atom. The zero-order valence-electron chi connectivity index (χ0n) is 10.9. The number of hydrogen-bond acceptors (Lipinski definition) is 6. The molecule has 1 aromatic rings. The Kier molecular flexibility index (Phi) is 5.80. The molecule has 0 aliphatic rings. The highest BCUT2D eigenvalue weighted by atomic mass is 32.1. The molecule has 98 valence electrons. The predicted octanol–water partition coefficient (Wildman–Crippen LogP) is 1.84. The molecule has 0 saturated carbocycles. The summed E-state index contributed by atoms with van der Waals surface area (Å²) in [4.78, 5) is 0. The van der Waals surface area contributed by atoms with Crippen molar-refractivity contribution in [3.63, 3.8) is 0 Å². The van der Waals surface area contributed by atoms with E-state index in [0.717, 1.165) is 18.1 Å². The fourth-order valence-electron chi connectivity index (χ4n) is 1.08. The van der Waals surface area contributed by atoms with Gasteiger partial charge in [-0.1, -0.05) is 18.3 Å². The van der Waals surface area contributed by atoms with Crippen LogP contribution in [-0.2, 0) is 11.3 Å². The summed E-state index contributed by atoms with van der Waals surface area (Å²) in [6.45, 7) is 10.9. The molecule has 0 aromatic carbocycles. The lowest BCUT2D eigenvalue weighted by Crippen LogP contribution is -2.22. The van der Waals surface area contributed by atoms with Gasteiger partial charge >= 0.3 is 0 Å². The molecule has 0 saturated heterocycles. The standard InChI is InChI=1S/C11H21N3O2S/c1-5-12-8-9-13-14-10(17-9)15-6-7-16-11(2,3)4/h12H,5-8H2,1-4H3. The van der Waals surface area contributed by atoms with Gasteiger partial charge in [0, 0.05) is 6.54 Å². The third-order valence-corrected chi connectivity index (χ3v) is 2.65. The van der Waals surface area contributed by atoms with Crippen LogP contribution in [0.25, 0.3) is 0 Å². The first kappa shape index (κ1) is 14.3. The van der Waals surface area contributed by atoms with E-state index in [-0.39, 0.29) is 5.60 Å². The number of ether oxygens (including phenoxy) is 2. The maximum Gasteiger partial charge on any atom is 0.294 e. The number of nitrogens with one attached hydrogen (secondary N) is 1. The molecule has 0 radical (unpaired) electrons. The number of aromatic nitrogens is 2. The summed E-state index contributed by atoms with van der Waals surface area (Å²) in [6.07, 6.45) is 0. The van der Waals surface area contributed by atoms with Crippen LogP contribution in [0.1, 0.15) is 32.7 Å². The number of hydrogen-bond donors (Lipinski definition) is 1. The summed E-state index contributed by atoms with van der Waals surface area (Å²) in [5, 5.41) is 12.7. The van der Waals surface area contributed by atoms with Gasteiger partial charge in [-0.15, -0.1) is 10.2 Å². The lowest BCUT2D eigenvalue weighted by molar-refractivity contribution is -0.0163. The van der Waals surface area contributed by atoms with Crippen LogP contribution < -0.4 is 10.1 Å². The van der Waals surface area contributed by atoms with Crippen molar-refractivity contribution in [3.05, 3.63) is 5.01 Å². The predicted molar refractivity (Wildman–Crippen MR) is 68.5 cm³/mol. The van der Waals surface area contributed by atoms with Crippen molar-refractivity contribution in [2.75, 3.05) is 19.8 Å². The average molecular weight is 259 g/mol. The molecule has 1 N–H and O–H groups in total. The van der Waals surface area contributed by atoms with E-state index in [1.54, 1.807) is 0 Å². The summed E-state index contributed by atoms with van der Waals surface area (Å²) < 4.78 is 11.0. The minimum atomic E-state index is -0.124. The maximum absolute atomic E-state index is 5.54. The molecule has 0 bridgehead atoms. The molecule has 0 atom stereocenters. The van der Waals surface area contributed by atoms with Crippen molar-refractivity contribution in [2.24, 2.45) is 0 Å². The molecule has 17 heavy (non-hydrogen) atoms. The Morgan fingerprint density at radius 3 is 2.65 bits per heavy atom. The molecule has 1 aromatic heterocycles. The Hall–Kier alpha value is -0.720. The fraction of sp³-hybridized carbons (Fsp3) is 0.818. The van der Waals surface area contributed by atoms with Gasteiger partial charge in [-0.3, -0.25) is 0 Å². The normalized spacial score (nSPS) is 11.8. The van der Waals surface area contributed by atoms with Crippen molar-refractivity contribution in [3.8, 4) is 5.19 Å². The summed E-state index contributed by atoms with van der Waals surface area (Å²) in [6, 6.07) is 0. The van der Waals surface area contributed by atoms with E-state index in [0.29, 0.717) is 18.4 Å². The van der Waals surface area contributed by atoms with E-state index < -0.39 is 0 Å². The Labute approximate surface area is 107 Å². The summed E-state index contributed by atoms with van der Waals surface area (Å²) in [5.41, 5.74) is -0.124. The molecule has 0 fully saturated rings.